The van der Waals surface area contributed by atoms with Gasteiger partial charge >= 0.3 is 0 Å². The van der Waals surface area contributed by atoms with Gasteiger partial charge in [-0.25, -0.2) is 0 Å². The molecule has 84 heavy (non-hydrogen) atoms. The first-order valence-corrected chi connectivity index (χ1v) is 36.4. The summed E-state index contributed by atoms with van der Waals surface area (Å²) in [4.78, 5) is 18.0. The number of fused-ring (bicyclic) bond motifs is 4. The number of para-hydroxylation sites is 2. The van der Waals surface area contributed by atoms with Crippen LogP contribution >= 0.6 is 0 Å². The molecule has 0 unspecified atom stereocenters. The number of anilines is 14. The molecule has 4 aliphatic heterocycles. The normalized spacial score (nSPS) is 15.3. The Morgan fingerprint density at radius 3 is 1.06 bits per heavy atom. The smallest absolute Gasteiger partial charge is 0.129 e. The molecule has 0 aliphatic carbocycles. The van der Waals surface area contributed by atoms with Crippen molar-refractivity contribution in [2.75, 3.05) is 79.9 Å². The van der Waals surface area contributed by atoms with Gasteiger partial charge < -0.3 is 48.7 Å². The van der Waals surface area contributed by atoms with Crippen LogP contribution in [0.1, 0.15) is 37.5 Å². The lowest BCUT2D eigenvalue weighted by Gasteiger charge is -2.27. The molecule has 0 N–H and O–H groups in total. The second-order valence-corrected chi connectivity index (χ2v) is 35.8. The molecular weight excluding hydrogens is 1070 g/mol. The summed E-state index contributed by atoms with van der Waals surface area (Å²) < 4.78 is 39.0. The first-order valence-electron chi connectivity index (χ1n) is 30.9. The number of rotatable bonds is 12. The topological polar surface area (TPSA) is 44.4 Å². The summed E-state index contributed by atoms with van der Waals surface area (Å²) in [5.74, 6) is 3.09. The van der Waals surface area contributed by atoms with Gasteiger partial charge in [-0.05, 0) is 196 Å². The molecule has 0 bridgehead atoms. The van der Waals surface area contributed by atoms with Gasteiger partial charge in [0.25, 0.3) is 0 Å². The van der Waals surface area contributed by atoms with Crippen molar-refractivity contribution < 1.29 is 13.6 Å². The van der Waals surface area contributed by atoms with E-state index in [4.69, 9.17) is 13.6 Å². The average molecular weight is 1150 g/mol. The Kier molecular flexibility index (Phi) is 12.5. The molecule has 10 nitrogen and oxygen atoms in total. The molecule has 4 heterocycles. The number of hydrogen-bond donors (Lipinski definition) is 0. The van der Waals surface area contributed by atoms with Crippen molar-refractivity contribution in [2.45, 2.75) is 80.8 Å². The number of aryl methyl sites for hydroxylation is 6. The maximum Gasteiger partial charge on any atom is 0.129 e. The van der Waals surface area contributed by atoms with E-state index >= 15 is 0 Å². The molecule has 0 radical (unpaired) electrons. The van der Waals surface area contributed by atoms with Crippen LogP contribution in [0.2, 0.25) is 39.3 Å². The van der Waals surface area contributed by atoms with E-state index in [9.17, 15) is 0 Å². The van der Waals surface area contributed by atoms with Crippen molar-refractivity contribution in [3.8, 4) is 23.0 Å². The van der Waals surface area contributed by atoms with Crippen LogP contribution < -0.4 is 59.0 Å². The van der Waals surface area contributed by atoms with Crippen molar-refractivity contribution in [3.05, 3.63) is 203 Å². The minimum absolute atomic E-state index is 0.210. The molecule has 9 aromatic rings. The molecule has 0 atom stereocenters. The zero-order chi connectivity index (χ0) is 61.2. The summed E-state index contributed by atoms with van der Waals surface area (Å²) in [6.07, 6.45) is 0. The van der Waals surface area contributed by atoms with Crippen LogP contribution in [0.3, 0.4) is 0 Å². The molecule has 0 aromatic heterocycles. The number of ether oxygens (including phenoxy) is 2. The maximum atomic E-state index is 8.38. The number of benzene rings is 9. The molecule has 13 rings (SSSR count). The fourth-order valence-electron chi connectivity index (χ4n) is 12.2. The predicted molar refractivity (Wildman–Crippen MR) is 362 cm³/mol. The Morgan fingerprint density at radius 2 is 0.643 bits per heavy atom. The lowest BCUT2D eigenvalue weighted by molar-refractivity contribution is 0.483. The fourth-order valence-corrected chi connectivity index (χ4v) is 14.5. The molecule has 0 amide bonds. The standard InChI is InChI=1S/C72H78N8O2Si2/c1-47-29-67-69(31-49(47)3)75(43-73(67)7)55-19-17-21-59(35-55)81-61-37-57(39-63(41-61)83(9,10)11)79-45-77(65-23-15-16-24-66(65)79)53-25-27-54(28-26-53)78-46-80(72-34-52(6)51(5)33-71(72)78)58-38-62(42-64(40-58)84(12,13)14)82-60-22-18-20-56(36-60)76-44-74(8)68-30-48(2)50(4)32-70(68)76/h15-42H,43-46H2,1-14H3/i7D3. The van der Waals surface area contributed by atoms with Crippen molar-refractivity contribution in [1.82, 2.24) is 0 Å². The summed E-state index contributed by atoms with van der Waals surface area (Å²) in [7, 11) is -1.55. The van der Waals surface area contributed by atoms with Crippen LogP contribution in [0, 0.1) is 41.5 Å². The van der Waals surface area contributed by atoms with E-state index in [-0.39, 0.29) is 6.67 Å². The van der Waals surface area contributed by atoms with Gasteiger partial charge in [-0.2, -0.15) is 0 Å². The van der Waals surface area contributed by atoms with E-state index in [1.54, 1.807) is 0 Å². The van der Waals surface area contributed by atoms with E-state index in [0.717, 1.165) is 86.2 Å². The molecule has 0 saturated heterocycles. The monoisotopic (exact) mass is 1150 g/mol. The highest BCUT2D eigenvalue weighted by molar-refractivity contribution is 6.89. The van der Waals surface area contributed by atoms with Crippen molar-refractivity contribution in [3.63, 3.8) is 0 Å². The lowest BCUT2D eigenvalue weighted by Crippen LogP contribution is -2.38. The van der Waals surface area contributed by atoms with Crippen LogP contribution in [0.15, 0.2) is 170 Å². The van der Waals surface area contributed by atoms with Crippen LogP contribution in [0.5, 0.6) is 23.0 Å². The van der Waals surface area contributed by atoms with E-state index in [1.165, 1.54) is 60.3 Å². The van der Waals surface area contributed by atoms with E-state index in [2.05, 4.69) is 255 Å². The van der Waals surface area contributed by atoms with Crippen molar-refractivity contribution >= 4 is 106 Å². The zero-order valence-corrected chi connectivity index (χ0v) is 52.9. The minimum Gasteiger partial charge on any atom is -0.457 e. The van der Waals surface area contributed by atoms with Crippen LogP contribution in [0.4, 0.5) is 79.6 Å². The Balaban J connectivity index is 0.776. The van der Waals surface area contributed by atoms with Gasteiger partial charge in [-0.3, -0.25) is 0 Å². The third-order valence-electron chi connectivity index (χ3n) is 17.6. The summed E-state index contributed by atoms with van der Waals surface area (Å²) in [6.45, 7) is 27.2. The van der Waals surface area contributed by atoms with Crippen LogP contribution in [-0.4, -0.2) is 56.8 Å². The number of hydrogen-bond acceptors (Lipinski definition) is 10. The van der Waals surface area contributed by atoms with Crippen LogP contribution in [0.25, 0.3) is 0 Å². The Hall–Kier alpha value is -8.59. The first-order chi connectivity index (χ1) is 41.3. The second kappa shape index (κ2) is 20.6. The second-order valence-electron chi connectivity index (χ2n) is 25.7. The lowest BCUT2D eigenvalue weighted by atomic mass is 10.1. The summed E-state index contributed by atoms with van der Waals surface area (Å²) in [5, 5.41) is 2.62. The molecule has 426 valence electrons. The Morgan fingerprint density at radius 1 is 0.310 bits per heavy atom. The molecule has 0 saturated carbocycles. The first kappa shape index (κ1) is 51.1. The highest BCUT2D eigenvalue weighted by Crippen LogP contribution is 2.50. The summed E-state index contributed by atoms with van der Waals surface area (Å²) >= 11 is 0. The Bertz CT molecular complexity index is 4200. The Labute approximate surface area is 504 Å². The van der Waals surface area contributed by atoms with E-state index in [1.807, 2.05) is 37.3 Å². The van der Waals surface area contributed by atoms with E-state index < -0.39 is 23.1 Å². The van der Waals surface area contributed by atoms with Crippen molar-refractivity contribution in [2.24, 2.45) is 0 Å². The van der Waals surface area contributed by atoms with Gasteiger partial charge in [0, 0.05) is 76.5 Å². The SMILES string of the molecule is [2H]C([2H])([2H])N1CN(c2cccc(Oc3cc(N4CN(c5ccc(N6CN(c7cc(Oc8cccc(N9CN(C)c%10cc(C)c(C)cc%109)c8)cc([Si](C)(C)C)c7)c7cc(C)c(C)cc76)cc5)c5ccccc54)cc([Si](C)(C)C)c3)c2)c2cc(C)c(C)cc21. The van der Waals surface area contributed by atoms with E-state index in [0.29, 0.717) is 24.8 Å². The van der Waals surface area contributed by atoms with Crippen LogP contribution in [-0.2, 0) is 0 Å². The minimum atomic E-state index is -2.29. The highest BCUT2D eigenvalue weighted by Gasteiger charge is 2.34. The fraction of sp³-hybridized carbons (Fsp3) is 0.250. The van der Waals surface area contributed by atoms with Gasteiger partial charge in [0.2, 0.25) is 0 Å². The average Bonchev–Trinajstić information content (AvgIpc) is 1.88. The molecule has 0 fully saturated rings. The third kappa shape index (κ3) is 9.98. The quantitative estimate of drug-likeness (QED) is 0.111. The summed E-state index contributed by atoms with van der Waals surface area (Å²) in [5.41, 5.74) is 22.3. The molecule has 0 spiro atoms. The van der Waals surface area contributed by atoms with Gasteiger partial charge in [0.15, 0.2) is 0 Å². The van der Waals surface area contributed by atoms with Gasteiger partial charge in [-0.1, -0.05) is 73.9 Å². The molecule has 4 aliphatic rings. The highest BCUT2D eigenvalue weighted by atomic mass is 28.3. The molecule has 12 heteroatoms. The summed E-state index contributed by atoms with van der Waals surface area (Å²) in [6, 6.07) is 61.3. The largest absolute Gasteiger partial charge is 0.457 e. The van der Waals surface area contributed by atoms with Gasteiger partial charge in [0.05, 0.1) is 75.0 Å². The number of nitrogens with zero attached hydrogens (tertiary/aromatic N) is 8. The predicted octanol–water partition coefficient (Wildman–Crippen LogP) is 17.8. The van der Waals surface area contributed by atoms with Crippen molar-refractivity contribution in [1.29, 1.82) is 0 Å². The maximum absolute atomic E-state index is 8.38. The zero-order valence-electron chi connectivity index (χ0n) is 53.9. The molecule has 9 aromatic carbocycles. The van der Waals surface area contributed by atoms with Gasteiger partial charge in [-0.15, -0.1) is 0 Å². The third-order valence-corrected chi connectivity index (χ3v) is 21.7. The van der Waals surface area contributed by atoms with Gasteiger partial charge in [0.1, 0.15) is 36.3 Å². The molecular formula is C72H78N8O2Si2.